The lowest BCUT2D eigenvalue weighted by molar-refractivity contribution is -0.145. The molecule has 0 radical (unpaired) electrons. The van der Waals surface area contributed by atoms with Gasteiger partial charge >= 0.3 is 0 Å². The van der Waals surface area contributed by atoms with E-state index < -0.39 is 0 Å². The molecule has 1 aliphatic heterocycles. The Morgan fingerprint density at radius 2 is 2.21 bits per heavy atom. The van der Waals surface area contributed by atoms with Crippen molar-refractivity contribution in [1.29, 1.82) is 0 Å². The number of amides is 2. The summed E-state index contributed by atoms with van der Waals surface area (Å²) in [6.45, 7) is 4.48. The molecule has 1 fully saturated rings. The third-order valence-electron chi connectivity index (χ3n) is 3.31. The van der Waals surface area contributed by atoms with E-state index in [1.165, 1.54) is 0 Å². The van der Waals surface area contributed by atoms with Crippen LogP contribution in [0.4, 0.5) is 0 Å². The summed E-state index contributed by atoms with van der Waals surface area (Å²) in [6, 6.07) is 1.56. The summed E-state index contributed by atoms with van der Waals surface area (Å²) in [5, 5.41) is 7.00. The maximum Gasteiger partial charge on any atom is 0.245 e. The van der Waals surface area contributed by atoms with Crippen molar-refractivity contribution < 1.29 is 9.59 Å². The number of rotatable bonds is 4. The number of carbonyl (C=O) groups is 2. The second-order valence-corrected chi connectivity index (χ2v) is 5.00. The molecule has 1 unspecified atom stereocenters. The van der Waals surface area contributed by atoms with Gasteiger partial charge in [-0.25, -0.2) is 0 Å². The van der Waals surface area contributed by atoms with Crippen LogP contribution in [0.3, 0.4) is 0 Å². The summed E-state index contributed by atoms with van der Waals surface area (Å²) in [5.41, 5.74) is 1.85. The molecule has 1 aliphatic rings. The highest BCUT2D eigenvalue weighted by atomic mass is 16.2. The lowest BCUT2D eigenvalue weighted by Gasteiger charge is -2.32. The quantitative estimate of drug-likeness (QED) is 0.853. The van der Waals surface area contributed by atoms with Crippen LogP contribution in [-0.2, 0) is 23.2 Å². The predicted octanol–water partition coefficient (Wildman–Crippen LogP) is 0.356. The fourth-order valence-corrected chi connectivity index (χ4v) is 2.40. The number of piperazine rings is 1. The van der Waals surface area contributed by atoms with Crippen molar-refractivity contribution in [1.82, 2.24) is 20.0 Å². The Bertz CT molecular complexity index is 495. The lowest BCUT2D eigenvalue weighted by atomic mass is 10.1. The molecule has 0 bridgehead atoms. The normalized spacial score (nSPS) is 19.7. The van der Waals surface area contributed by atoms with E-state index >= 15 is 0 Å². The molecule has 2 rings (SSSR count). The summed E-state index contributed by atoms with van der Waals surface area (Å²) in [5.74, 6) is -0.0859. The summed E-state index contributed by atoms with van der Waals surface area (Å²) < 4.78 is 1.75. The molecule has 1 N–H and O–H groups in total. The third kappa shape index (κ3) is 2.94. The first kappa shape index (κ1) is 13.6. The van der Waals surface area contributed by atoms with Crippen molar-refractivity contribution in [2.24, 2.45) is 7.05 Å². The zero-order chi connectivity index (χ0) is 14.0. The van der Waals surface area contributed by atoms with Gasteiger partial charge in [0.05, 0.1) is 17.9 Å². The molecular weight excluding hydrogens is 244 g/mol. The van der Waals surface area contributed by atoms with Crippen LogP contribution in [0.25, 0.3) is 0 Å². The fourth-order valence-electron chi connectivity index (χ4n) is 2.40. The first-order chi connectivity index (χ1) is 9.01. The smallest absolute Gasteiger partial charge is 0.245 e. The van der Waals surface area contributed by atoms with Crippen molar-refractivity contribution in [3.05, 3.63) is 17.5 Å². The molecule has 1 saturated heterocycles. The van der Waals surface area contributed by atoms with Crippen molar-refractivity contribution >= 4 is 11.8 Å². The predicted molar refractivity (Wildman–Crippen MR) is 70.2 cm³/mol. The van der Waals surface area contributed by atoms with Crippen LogP contribution < -0.4 is 5.32 Å². The Morgan fingerprint density at radius 3 is 2.79 bits per heavy atom. The zero-order valence-electron chi connectivity index (χ0n) is 11.6. The van der Waals surface area contributed by atoms with E-state index in [2.05, 4.69) is 10.4 Å². The fraction of sp³-hybridized carbons (Fsp3) is 0.615. The van der Waals surface area contributed by atoms with Gasteiger partial charge in [-0.2, -0.15) is 5.10 Å². The second kappa shape index (κ2) is 5.42. The Balaban J connectivity index is 2.12. The minimum Gasteiger partial charge on any atom is -0.343 e. The van der Waals surface area contributed by atoms with E-state index in [1.807, 2.05) is 27.0 Å². The Hall–Kier alpha value is -1.85. The topological polar surface area (TPSA) is 67.2 Å². The number of hydrogen-bond donors (Lipinski definition) is 1. The van der Waals surface area contributed by atoms with Crippen LogP contribution >= 0.6 is 0 Å². The van der Waals surface area contributed by atoms with Crippen LogP contribution in [0.1, 0.15) is 31.2 Å². The standard InChI is InChI=1S/C13H20N4O2/c1-4-5-11-13(19)17(8-12(18)14-11)7-10-6-9(2)15-16(10)3/h6,11H,4-5,7-8H2,1-3H3,(H,14,18). The van der Waals surface area contributed by atoms with Crippen LogP contribution in [0.2, 0.25) is 0 Å². The Labute approximate surface area is 112 Å². The highest BCUT2D eigenvalue weighted by molar-refractivity contribution is 5.94. The molecule has 104 valence electrons. The number of aromatic nitrogens is 2. The number of nitrogens with one attached hydrogen (secondary N) is 1. The SMILES string of the molecule is CCCC1NC(=O)CN(Cc2cc(C)nn2C)C1=O. The molecule has 1 atom stereocenters. The van der Waals surface area contributed by atoms with Gasteiger partial charge < -0.3 is 10.2 Å². The highest BCUT2D eigenvalue weighted by Gasteiger charge is 2.32. The van der Waals surface area contributed by atoms with Crippen LogP contribution in [0.5, 0.6) is 0 Å². The van der Waals surface area contributed by atoms with Gasteiger partial charge in [-0.05, 0) is 19.4 Å². The van der Waals surface area contributed by atoms with Crippen LogP contribution in [-0.4, -0.2) is 39.1 Å². The van der Waals surface area contributed by atoms with E-state index in [-0.39, 0.29) is 24.4 Å². The van der Waals surface area contributed by atoms with Crippen LogP contribution in [0, 0.1) is 6.92 Å². The maximum atomic E-state index is 12.3. The molecule has 2 amide bonds. The molecular formula is C13H20N4O2. The lowest BCUT2D eigenvalue weighted by Crippen LogP contribution is -2.57. The monoisotopic (exact) mass is 264 g/mol. The van der Waals surface area contributed by atoms with Gasteiger partial charge in [0.15, 0.2) is 0 Å². The van der Waals surface area contributed by atoms with E-state index in [4.69, 9.17) is 0 Å². The molecule has 1 aromatic heterocycles. The number of carbonyl (C=O) groups excluding carboxylic acids is 2. The first-order valence-corrected chi connectivity index (χ1v) is 6.59. The zero-order valence-corrected chi connectivity index (χ0v) is 11.6. The van der Waals surface area contributed by atoms with Crippen molar-refractivity contribution in [2.45, 2.75) is 39.3 Å². The van der Waals surface area contributed by atoms with E-state index in [1.54, 1.807) is 9.58 Å². The van der Waals surface area contributed by atoms with Crippen molar-refractivity contribution in [3.8, 4) is 0 Å². The summed E-state index contributed by atoms with van der Waals surface area (Å²) in [4.78, 5) is 25.5. The molecule has 1 aromatic rings. The molecule has 19 heavy (non-hydrogen) atoms. The summed E-state index contributed by atoms with van der Waals surface area (Å²) in [6.07, 6.45) is 1.56. The van der Waals surface area contributed by atoms with Crippen molar-refractivity contribution in [3.63, 3.8) is 0 Å². The maximum absolute atomic E-state index is 12.3. The van der Waals surface area contributed by atoms with Gasteiger partial charge in [0.25, 0.3) is 0 Å². The van der Waals surface area contributed by atoms with E-state index in [0.717, 1.165) is 17.8 Å². The second-order valence-electron chi connectivity index (χ2n) is 5.00. The number of aryl methyl sites for hydroxylation is 2. The van der Waals surface area contributed by atoms with Gasteiger partial charge in [-0.3, -0.25) is 14.3 Å². The molecule has 2 heterocycles. The van der Waals surface area contributed by atoms with E-state index in [9.17, 15) is 9.59 Å². The van der Waals surface area contributed by atoms with Crippen molar-refractivity contribution in [2.75, 3.05) is 6.54 Å². The highest BCUT2D eigenvalue weighted by Crippen LogP contribution is 2.12. The van der Waals surface area contributed by atoms with Gasteiger partial charge in [0.2, 0.25) is 11.8 Å². The Kier molecular flexibility index (Phi) is 3.87. The third-order valence-corrected chi connectivity index (χ3v) is 3.31. The Morgan fingerprint density at radius 1 is 1.47 bits per heavy atom. The average Bonchev–Trinajstić information content (AvgIpc) is 2.64. The molecule has 0 spiro atoms. The van der Waals surface area contributed by atoms with E-state index in [0.29, 0.717) is 13.0 Å². The molecule has 6 heteroatoms. The number of nitrogens with zero attached hydrogens (tertiary/aromatic N) is 3. The minimum atomic E-state index is -0.374. The summed E-state index contributed by atoms with van der Waals surface area (Å²) in [7, 11) is 1.85. The number of hydrogen-bond acceptors (Lipinski definition) is 3. The van der Waals surface area contributed by atoms with Crippen LogP contribution in [0.15, 0.2) is 6.07 Å². The molecule has 6 nitrogen and oxygen atoms in total. The van der Waals surface area contributed by atoms with Gasteiger partial charge in [-0.15, -0.1) is 0 Å². The molecule has 0 aromatic carbocycles. The molecule has 0 saturated carbocycles. The first-order valence-electron chi connectivity index (χ1n) is 6.59. The van der Waals surface area contributed by atoms with Gasteiger partial charge in [0.1, 0.15) is 12.6 Å². The van der Waals surface area contributed by atoms with Gasteiger partial charge in [0, 0.05) is 7.05 Å². The average molecular weight is 264 g/mol. The largest absolute Gasteiger partial charge is 0.343 e. The summed E-state index contributed by atoms with van der Waals surface area (Å²) >= 11 is 0. The van der Waals surface area contributed by atoms with Gasteiger partial charge in [-0.1, -0.05) is 13.3 Å². The minimum absolute atomic E-state index is 0.000281. The molecule has 0 aliphatic carbocycles.